The van der Waals surface area contributed by atoms with Crippen LogP contribution in [0, 0.1) is 17.8 Å². The molecular formula is C40H63N2O7+. The van der Waals surface area contributed by atoms with Crippen LogP contribution in [0.4, 0.5) is 0 Å². The summed E-state index contributed by atoms with van der Waals surface area (Å²) in [5.41, 5.74) is 1.16. The average Bonchev–Trinajstić information content (AvgIpc) is 3.01. The minimum atomic E-state index is -1.67. The van der Waals surface area contributed by atoms with Crippen LogP contribution in [0.2, 0.25) is 0 Å². The summed E-state index contributed by atoms with van der Waals surface area (Å²) in [7, 11) is 5.16. The first-order valence-corrected chi connectivity index (χ1v) is 17.8. The molecule has 0 spiro atoms. The molecule has 49 heavy (non-hydrogen) atoms. The normalized spacial score (nSPS) is 16.7. The van der Waals surface area contributed by atoms with Crippen LogP contribution in [0.1, 0.15) is 84.8 Å². The third kappa shape index (κ3) is 14.4. The highest BCUT2D eigenvalue weighted by Crippen LogP contribution is 2.32. The minimum Gasteiger partial charge on any atom is -0.458 e. The SMILES string of the molecule is CN[C@@H](CC(C)C)C(=O)[N+](C)(C)[C@@H](CC(C)C(CC(O)Cc1ccccc1)CC(O)Cc1ccccc1)C(=O)CC(O)C(=O)OC(C)(C)C. The Morgan fingerprint density at radius 2 is 1.24 bits per heavy atom. The maximum absolute atomic E-state index is 14.1. The number of aliphatic hydroxyl groups is 3. The summed E-state index contributed by atoms with van der Waals surface area (Å²) in [4.78, 5) is 40.9. The van der Waals surface area contributed by atoms with E-state index in [0.29, 0.717) is 32.1 Å². The van der Waals surface area contributed by atoms with Gasteiger partial charge in [0.05, 0.1) is 26.3 Å². The van der Waals surface area contributed by atoms with Crippen LogP contribution in [0.25, 0.3) is 0 Å². The molecule has 1 amide bonds. The molecule has 0 aliphatic heterocycles. The molecule has 0 aliphatic rings. The van der Waals surface area contributed by atoms with Crippen LogP contribution < -0.4 is 5.32 Å². The van der Waals surface area contributed by atoms with E-state index in [1.165, 1.54) is 0 Å². The molecule has 2 aromatic carbocycles. The number of likely N-dealkylation sites (N-methyl/N-ethyl adjacent to an activating group) is 2. The number of Topliss-reactive ketones (excluding diaryl/α,β-unsaturated/α-hetero) is 1. The molecule has 0 heterocycles. The molecule has 4 N–H and O–H groups in total. The first-order valence-electron chi connectivity index (χ1n) is 17.8. The fourth-order valence-corrected chi connectivity index (χ4v) is 6.65. The van der Waals surface area contributed by atoms with Gasteiger partial charge in [-0.2, -0.15) is 0 Å². The van der Waals surface area contributed by atoms with E-state index in [0.717, 1.165) is 11.1 Å². The zero-order chi connectivity index (χ0) is 36.9. The second-order valence-electron chi connectivity index (χ2n) is 15.7. The van der Waals surface area contributed by atoms with E-state index >= 15 is 0 Å². The summed E-state index contributed by atoms with van der Waals surface area (Å²) in [6, 6.07) is 18.1. The maximum atomic E-state index is 14.1. The lowest BCUT2D eigenvalue weighted by molar-refractivity contribution is -0.832. The summed E-state index contributed by atoms with van der Waals surface area (Å²) < 4.78 is 5.05. The Morgan fingerprint density at radius 1 is 0.776 bits per heavy atom. The van der Waals surface area contributed by atoms with Gasteiger partial charge in [0.1, 0.15) is 11.6 Å². The van der Waals surface area contributed by atoms with E-state index < -0.39 is 54.2 Å². The molecule has 9 heteroatoms. The van der Waals surface area contributed by atoms with Crippen LogP contribution in [0.5, 0.6) is 0 Å². The van der Waals surface area contributed by atoms with Gasteiger partial charge in [0, 0.05) is 12.8 Å². The van der Waals surface area contributed by atoms with Crippen LogP contribution in [-0.2, 0) is 32.0 Å². The zero-order valence-corrected chi connectivity index (χ0v) is 31.3. The summed E-state index contributed by atoms with van der Waals surface area (Å²) in [6.07, 6.45) is -1.05. The van der Waals surface area contributed by atoms with Crippen molar-refractivity contribution in [3.05, 3.63) is 71.8 Å². The topological polar surface area (TPSA) is 133 Å². The number of ether oxygens (including phenoxy) is 1. The van der Waals surface area contributed by atoms with Gasteiger partial charge in [-0.25, -0.2) is 9.59 Å². The summed E-state index contributed by atoms with van der Waals surface area (Å²) >= 11 is 0. The van der Waals surface area contributed by atoms with Crippen molar-refractivity contribution < 1.29 is 38.9 Å². The Kier molecular flexibility index (Phi) is 16.8. The van der Waals surface area contributed by atoms with Crippen molar-refractivity contribution in [2.75, 3.05) is 21.1 Å². The molecule has 2 aromatic rings. The van der Waals surface area contributed by atoms with Gasteiger partial charge < -0.3 is 25.4 Å². The maximum Gasteiger partial charge on any atom is 0.335 e. The first-order chi connectivity index (χ1) is 22.8. The van der Waals surface area contributed by atoms with Crippen molar-refractivity contribution in [1.82, 2.24) is 5.32 Å². The van der Waals surface area contributed by atoms with Crippen molar-refractivity contribution in [3.8, 4) is 0 Å². The number of aliphatic hydroxyl groups excluding tert-OH is 3. The van der Waals surface area contributed by atoms with Gasteiger partial charge in [0.15, 0.2) is 17.9 Å². The lowest BCUT2D eigenvalue weighted by Gasteiger charge is -2.40. The summed E-state index contributed by atoms with van der Waals surface area (Å²) in [5.74, 6) is -1.66. The quantitative estimate of drug-likeness (QED) is 0.115. The predicted molar refractivity (Wildman–Crippen MR) is 193 cm³/mol. The predicted octanol–water partition coefficient (Wildman–Crippen LogP) is 4.88. The number of quaternary nitrogens is 1. The fourth-order valence-electron chi connectivity index (χ4n) is 6.65. The second kappa shape index (κ2) is 19.4. The number of benzene rings is 2. The molecule has 0 fully saturated rings. The Bertz CT molecular complexity index is 1240. The van der Waals surface area contributed by atoms with E-state index in [4.69, 9.17) is 4.74 Å². The lowest BCUT2D eigenvalue weighted by Crippen LogP contribution is -2.62. The molecule has 274 valence electrons. The Morgan fingerprint density at radius 3 is 1.65 bits per heavy atom. The van der Waals surface area contributed by atoms with Crippen molar-refractivity contribution in [2.45, 2.75) is 122 Å². The van der Waals surface area contributed by atoms with Crippen LogP contribution in [-0.4, -0.2) is 94.6 Å². The van der Waals surface area contributed by atoms with E-state index in [2.05, 4.69) is 5.32 Å². The van der Waals surface area contributed by atoms with Crippen molar-refractivity contribution in [3.63, 3.8) is 0 Å². The molecule has 0 saturated carbocycles. The molecule has 0 bridgehead atoms. The standard InChI is InChI=1S/C40H63N2O7/c1-27(2)20-34(41-7)38(47)42(8,9)35(36(45)26-37(46)39(48)49-40(4,5)6)21-28(3)31(24-32(43)22-29-16-12-10-13-17-29)25-33(44)23-30-18-14-11-15-19-30/h10-19,27-28,31-35,37,41,43-44,46H,20-26H2,1-9H3/q+1/t28?,31?,32?,33?,34-,35-,37?/m0/s1. The highest BCUT2D eigenvalue weighted by atomic mass is 16.6. The highest BCUT2D eigenvalue weighted by Gasteiger charge is 2.46. The lowest BCUT2D eigenvalue weighted by atomic mass is 9.78. The number of amides is 1. The highest BCUT2D eigenvalue weighted by molar-refractivity contribution is 5.90. The summed E-state index contributed by atoms with van der Waals surface area (Å²) in [6.45, 7) is 11.1. The molecule has 0 aromatic heterocycles. The molecule has 9 nitrogen and oxygen atoms in total. The molecule has 0 radical (unpaired) electrons. The van der Waals surface area contributed by atoms with E-state index in [1.54, 1.807) is 41.9 Å². The average molecular weight is 684 g/mol. The number of rotatable bonds is 20. The van der Waals surface area contributed by atoms with E-state index in [1.807, 2.05) is 81.4 Å². The number of carbonyl (C=O) groups is 3. The Hall–Kier alpha value is -2.95. The van der Waals surface area contributed by atoms with Gasteiger partial charge in [-0.1, -0.05) is 81.4 Å². The first kappa shape index (κ1) is 42.2. The number of esters is 1. The van der Waals surface area contributed by atoms with Crippen LogP contribution in [0.3, 0.4) is 0 Å². The summed E-state index contributed by atoms with van der Waals surface area (Å²) in [5, 5.41) is 36.5. The van der Waals surface area contributed by atoms with Crippen molar-refractivity contribution in [2.24, 2.45) is 17.8 Å². The number of carbonyl (C=O) groups excluding carboxylic acids is 3. The Balaban J connectivity index is 2.44. The third-order valence-corrected chi connectivity index (χ3v) is 9.32. The number of hydrogen-bond acceptors (Lipinski definition) is 8. The Labute approximate surface area is 294 Å². The van der Waals surface area contributed by atoms with Crippen LogP contribution >= 0.6 is 0 Å². The smallest absolute Gasteiger partial charge is 0.335 e. The molecule has 0 aliphatic carbocycles. The fraction of sp³-hybridized carbons (Fsp3) is 0.625. The van der Waals surface area contributed by atoms with Crippen LogP contribution in [0.15, 0.2) is 60.7 Å². The molecule has 0 saturated heterocycles. The number of nitrogens with zero attached hydrogens (tertiary/aromatic N) is 1. The van der Waals surface area contributed by atoms with Gasteiger partial charge in [-0.05, 0) is 88.8 Å². The van der Waals surface area contributed by atoms with Crippen molar-refractivity contribution in [1.29, 1.82) is 0 Å². The third-order valence-electron chi connectivity index (χ3n) is 9.32. The molecular weight excluding hydrogens is 620 g/mol. The largest absolute Gasteiger partial charge is 0.458 e. The van der Waals surface area contributed by atoms with Gasteiger partial charge in [-0.3, -0.25) is 9.28 Å². The molecule has 6 atom stereocenters. The zero-order valence-electron chi connectivity index (χ0n) is 31.3. The number of hydrogen-bond donors (Lipinski definition) is 4. The van der Waals surface area contributed by atoms with Gasteiger partial charge >= 0.3 is 11.9 Å². The van der Waals surface area contributed by atoms with Crippen molar-refractivity contribution >= 4 is 17.7 Å². The number of nitrogens with one attached hydrogen (secondary N) is 1. The number of ketones is 1. The molecule has 2 rings (SSSR count). The van der Waals surface area contributed by atoms with E-state index in [-0.39, 0.29) is 34.6 Å². The van der Waals surface area contributed by atoms with E-state index in [9.17, 15) is 29.7 Å². The van der Waals surface area contributed by atoms with Gasteiger partial charge in [-0.15, -0.1) is 0 Å². The molecule has 4 unspecified atom stereocenters. The van der Waals surface area contributed by atoms with Gasteiger partial charge in [0.25, 0.3) is 0 Å². The monoisotopic (exact) mass is 683 g/mol. The second-order valence-corrected chi connectivity index (χ2v) is 15.7. The van der Waals surface area contributed by atoms with Gasteiger partial charge in [0.2, 0.25) is 0 Å². The minimum absolute atomic E-state index is 0.168.